The van der Waals surface area contributed by atoms with E-state index in [1.165, 1.54) is 6.42 Å². The van der Waals surface area contributed by atoms with E-state index in [1.807, 2.05) is 54.6 Å². The number of nitrogens with one attached hydrogen (secondary N) is 2. The van der Waals surface area contributed by atoms with Crippen LogP contribution in [0.5, 0.6) is 0 Å². The molecule has 5 rings (SSSR count). The van der Waals surface area contributed by atoms with Crippen LogP contribution in [0.4, 0.5) is 11.5 Å². The van der Waals surface area contributed by atoms with Crippen LogP contribution in [-0.4, -0.2) is 47.8 Å². The first-order valence-corrected chi connectivity index (χ1v) is 11.9. The van der Waals surface area contributed by atoms with Crippen molar-refractivity contribution in [2.75, 3.05) is 23.3 Å². The molecular weight excluding hydrogens is 454 g/mol. The van der Waals surface area contributed by atoms with E-state index in [0.717, 1.165) is 37.1 Å². The molecule has 1 fully saturated rings. The first-order chi connectivity index (χ1) is 17.6. The van der Waals surface area contributed by atoms with Gasteiger partial charge in [0, 0.05) is 30.4 Å². The van der Waals surface area contributed by atoms with Gasteiger partial charge in [-0.15, -0.1) is 0 Å². The van der Waals surface area contributed by atoms with Crippen LogP contribution in [0.1, 0.15) is 36.0 Å². The highest BCUT2D eigenvalue weighted by atomic mass is 16.5. The van der Waals surface area contributed by atoms with Gasteiger partial charge in [-0.3, -0.25) is 10.2 Å². The SMILES string of the molecule is N=C(O/C(N)=N/C1N=C(c2ccccc2)c2ccccc2NC1=O)c1cccnc1N1CCCCC1. The van der Waals surface area contributed by atoms with Gasteiger partial charge in [0.15, 0.2) is 0 Å². The summed E-state index contributed by atoms with van der Waals surface area (Å²) in [5.74, 6) is 0.0541. The Hall–Kier alpha value is -4.53. The average molecular weight is 482 g/mol. The van der Waals surface area contributed by atoms with E-state index < -0.39 is 12.1 Å². The maximum Gasteiger partial charge on any atom is 0.291 e. The largest absolute Gasteiger partial charge is 0.407 e. The lowest BCUT2D eigenvalue weighted by Gasteiger charge is -2.29. The summed E-state index contributed by atoms with van der Waals surface area (Å²) >= 11 is 0. The number of pyridine rings is 1. The number of hydrogen-bond acceptors (Lipinski definition) is 7. The van der Waals surface area contributed by atoms with Crippen molar-refractivity contribution in [3.05, 3.63) is 89.6 Å². The lowest BCUT2D eigenvalue weighted by molar-refractivity contribution is -0.117. The van der Waals surface area contributed by atoms with Gasteiger partial charge >= 0.3 is 0 Å². The summed E-state index contributed by atoms with van der Waals surface area (Å²) in [6.07, 6.45) is 3.86. The Balaban J connectivity index is 1.43. The molecule has 0 bridgehead atoms. The van der Waals surface area contributed by atoms with Gasteiger partial charge in [0.25, 0.3) is 11.9 Å². The highest BCUT2D eigenvalue weighted by Gasteiger charge is 2.26. The number of amides is 1. The fourth-order valence-electron chi connectivity index (χ4n) is 4.40. The van der Waals surface area contributed by atoms with E-state index in [1.54, 1.807) is 18.3 Å². The average Bonchev–Trinajstić information content (AvgIpc) is 3.05. The van der Waals surface area contributed by atoms with Crippen LogP contribution >= 0.6 is 0 Å². The number of para-hydroxylation sites is 1. The number of fused-ring (bicyclic) bond motifs is 1. The summed E-state index contributed by atoms with van der Waals surface area (Å²) in [6, 6.07) is 20.2. The maximum atomic E-state index is 13.0. The molecule has 1 atom stereocenters. The summed E-state index contributed by atoms with van der Waals surface area (Å²) in [5.41, 5.74) is 9.47. The van der Waals surface area contributed by atoms with E-state index in [-0.39, 0.29) is 11.9 Å². The van der Waals surface area contributed by atoms with E-state index in [9.17, 15) is 4.79 Å². The highest BCUT2D eigenvalue weighted by molar-refractivity contribution is 6.19. The quantitative estimate of drug-likeness (QED) is 0.388. The maximum absolute atomic E-state index is 13.0. The smallest absolute Gasteiger partial charge is 0.291 e. The van der Waals surface area contributed by atoms with Crippen LogP contribution in [0.3, 0.4) is 0 Å². The number of aliphatic imine (C=N–C) groups is 2. The van der Waals surface area contributed by atoms with Crippen molar-refractivity contribution in [2.24, 2.45) is 15.7 Å². The summed E-state index contributed by atoms with van der Waals surface area (Å²) in [5, 5.41) is 11.4. The van der Waals surface area contributed by atoms with Gasteiger partial charge < -0.3 is 20.7 Å². The van der Waals surface area contributed by atoms with Crippen molar-refractivity contribution < 1.29 is 9.53 Å². The highest BCUT2D eigenvalue weighted by Crippen LogP contribution is 2.25. The lowest BCUT2D eigenvalue weighted by atomic mass is 10.0. The number of nitrogens with two attached hydrogens (primary N) is 1. The Labute approximate surface area is 209 Å². The molecule has 9 nitrogen and oxygen atoms in total. The summed E-state index contributed by atoms with van der Waals surface area (Å²) in [7, 11) is 0. The molecule has 1 saturated heterocycles. The molecule has 182 valence electrons. The number of benzene rings is 2. The zero-order chi connectivity index (χ0) is 24.9. The van der Waals surface area contributed by atoms with Crippen molar-refractivity contribution in [1.29, 1.82) is 5.41 Å². The number of carbonyl (C=O) groups excluding carboxylic acids is 1. The summed E-state index contributed by atoms with van der Waals surface area (Å²) < 4.78 is 5.57. The topological polar surface area (TPSA) is 129 Å². The molecule has 4 N–H and O–H groups in total. The Morgan fingerprint density at radius 1 is 1.03 bits per heavy atom. The molecule has 2 aromatic carbocycles. The number of piperidine rings is 1. The zero-order valence-electron chi connectivity index (χ0n) is 19.7. The minimum atomic E-state index is -1.18. The van der Waals surface area contributed by atoms with Crippen LogP contribution < -0.4 is 16.0 Å². The molecule has 3 aromatic rings. The summed E-state index contributed by atoms with van der Waals surface area (Å²) in [4.78, 5) is 28.5. The van der Waals surface area contributed by atoms with Gasteiger partial charge in [0.2, 0.25) is 12.1 Å². The van der Waals surface area contributed by atoms with Crippen LogP contribution in [0.15, 0.2) is 82.9 Å². The zero-order valence-corrected chi connectivity index (χ0v) is 19.7. The third-order valence-corrected chi connectivity index (χ3v) is 6.12. The Kier molecular flexibility index (Phi) is 6.70. The number of rotatable bonds is 4. The van der Waals surface area contributed by atoms with E-state index in [0.29, 0.717) is 22.8 Å². The second kappa shape index (κ2) is 10.4. The number of amidine groups is 1. The van der Waals surface area contributed by atoms with Crippen LogP contribution in [0.2, 0.25) is 0 Å². The van der Waals surface area contributed by atoms with Crippen molar-refractivity contribution in [2.45, 2.75) is 25.4 Å². The number of benzodiazepines with no additional fused rings is 1. The number of hydrogen-bond donors (Lipinski definition) is 3. The second-order valence-corrected chi connectivity index (χ2v) is 8.57. The predicted molar refractivity (Wildman–Crippen MR) is 141 cm³/mol. The van der Waals surface area contributed by atoms with E-state index in [4.69, 9.17) is 15.9 Å². The van der Waals surface area contributed by atoms with Crippen LogP contribution in [0, 0.1) is 5.41 Å². The molecule has 0 spiro atoms. The normalized spacial score (nSPS) is 17.9. The summed E-state index contributed by atoms with van der Waals surface area (Å²) in [6.45, 7) is 1.75. The van der Waals surface area contributed by atoms with Crippen LogP contribution in [-0.2, 0) is 9.53 Å². The number of carbonyl (C=O) groups is 1. The van der Waals surface area contributed by atoms with Gasteiger partial charge in [-0.1, -0.05) is 48.5 Å². The van der Waals surface area contributed by atoms with Gasteiger partial charge in [-0.25, -0.2) is 9.98 Å². The van der Waals surface area contributed by atoms with Crippen molar-refractivity contribution in [1.82, 2.24) is 4.98 Å². The monoisotopic (exact) mass is 481 g/mol. The standard InChI is InChI=1S/C27H27N7O2/c28-23(20-13-9-15-30-25(20)34-16-7-2-8-17-34)36-27(29)33-24-26(35)31-21-14-6-5-12-19(21)22(32-24)18-10-3-1-4-11-18/h1,3-6,9-15,24,28H,2,7-8,16-17H2,(H2,29,33)(H,31,35). The fourth-order valence-corrected chi connectivity index (χ4v) is 4.40. The Bertz CT molecular complexity index is 1330. The Morgan fingerprint density at radius 3 is 2.58 bits per heavy atom. The van der Waals surface area contributed by atoms with Gasteiger partial charge in [0.05, 0.1) is 17.0 Å². The molecule has 2 aliphatic rings. The molecule has 36 heavy (non-hydrogen) atoms. The number of nitrogens with zero attached hydrogens (tertiary/aromatic N) is 4. The number of anilines is 2. The first kappa shape index (κ1) is 23.2. The van der Waals surface area contributed by atoms with Crippen LogP contribution in [0.25, 0.3) is 0 Å². The molecule has 1 amide bonds. The third-order valence-electron chi connectivity index (χ3n) is 6.12. The van der Waals surface area contributed by atoms with Crippen molar-refractivity contribution >= 4 is 35.0 Å². The minimum absolute atomic E-state index is 0.186. The van der Waals surface area contributed by atoms with Gasteiger partial charge in [-0.05, 0) is 37.5 Å². The molecule has 1 unspecified atom stereocenters. The minimum Gasteiger partial charge on any atom is -0.407 e. The predicted octanol–water partition coefficient (Wildman–Crippen LogP) is 3.54. The molecule has 3 heterocycles. The molecule has 9 heteroatoms. The molecule has 2 aliphatic heterocycles. The third kappa shape index (κ3) is 4.95. The van der Waals surface area contributed by atoms with E-state index >= 15 is 0 Å². The Morgan fingerprint density at radius 2 is 1.78 bits per heavy atom. The van der Waals surface area contributed by atoms with Crippen molar-refractivity contribution in [3.8, 4) is 0 Å². The number of ether oxygens (including phenoxy) is 1. The second-order valence-electron chi connectivity index (χ2n) is 8.57. The first-order valence-electron chi connectivity index (χ1n) is 11.9. The lowest BCUT2D eigenvalue weighted by Crippen LogP contribution is -2.33. The van der Waals surface area contributed by atoms with Gasteiger partial charge in [-0.2, -0.15) is 4.99 Å². The molecule has 0 saturated carbocycles. The van der Waals surface area contributed by atoms with Gasteiger partial charge in [0.1, 0.15) is 5.82 Å². The van der Waals surface area contributed by atoms with Crippen molar-refractivity contribution in [3.63, 3.8) is 0 Å². The number of aromatic nitrogens is 1. The van der Waals surface area contributed by atoms with E-state index in [2.05, 4.69) is 25.2 Å². The fraction of sp³-hybridized carbons (Fsp3) is 0.222. The molecule has 0 radical (unpaired) electrons. The molecule has 0 aliphatic carbocycles. The molecular formula is C27H27N7O2. The molecule has 1 aromatic heterocycles.